The molecule has 48 heavy (non-hydrogen) atoms. The van der Waals surface area contributed by atoms with Gasteiger partial charge in [0.25, 0.3) is 0 Å². The zero-order valence-corrected chi connectivity index (χ0v) is 26.7. The zero-order chi connectivity index (χ0) is 32.6. The molecule has 1 spiro atoms. The largest absolute Gasteiger partial charge is 0.494 e. The summed E-state index contributed by atoms with van der Waals surface area (Å²) in [5.41, 5.74) is 2.90. The average molecular weight is 688 g/mol. The maximum absolute atomic E-state index is 16.4. The molecule has 0 radical (unpaired) electrons. The first-order valence-electron chi connectivity index (χ1n) is 15.4. The normalized spacial score (nSPS) is 22.4. The molecule has 1 aromatic heterocycles. The minimum Gasteiger partial charge on any atom is -0.494 e. The number of carbonyl (C=O) groups is 2. The van der Waals surface area contributed by atoms with Crippen molar-refractivity contribution in [2.75, 3.05) is 18.5 Å². The molecule has 1 amide bonds. The fraction of sp³-hybridized carbons (Fsp3) is 0.270. The number of likely N-dealkylation sites (tertiary alicyclic amines) is 1. The molecule has 0 aliphatic carbocycles. The van der Waals surface area contributed by atoms with Crippen LogP contribution in [-0.4, -0.2) is 50.5 Å². The van der Waals surface area contributed by atoms with E-state index in [-0.39, 0.29) is 24.4 Å². The second-order valence-corrected chi connectivity index (χ2v) is 13.0. The highest BCUT2D eigenvalue weighted by molar-refractivity contribution is 6.31. The van der Waals surface area contributed by atoms with Crippen LogP contribution in [0.2, 0.25) is 10.0 Å². The first kappa shape index (κ1) is 32.3. The van der Waals surface area contributed by atoms with Gasteiger partial charge in [0.1, 0.15) is 29.5 Å². The van der Waals surface area contributed by atoms with Crippen LogP contribution in [-0.2, 0) is 23.4 Å². The molecule has 0 unspecified atom stereocenters. The highest BCUT2D eigenvalue weighted by Crippen LogP contribution is 2.65. The number of hydrogen-bond donors (Lipinski definition) is 2. The monoisotopic (exact) mass is 686 g/mol. The Morgan fingerprint density at radius 2 is 1.92 bits per heavy atom. The molecule has 4 atom stereocenters. The van der Waals surface area contributed by atoms with Crippen molar-refractivity contribution in [1.29, 1.82) is 0 Å². The van der Waals surface area contributed by atoms with E-state index in [2.05, 4.69) is 14.8 Å². The molecule has 11 heteroatoms. The van der Waals surface area contributed by atoms with Crippen LogP contribution in [0.15, 0.2) is 78.9 Å². The number of rotatable bonds is 7. The number of aliphatic hydroxyl groups excluding tert-OH is 1. The molecule has 5 aromatic rings. The van der Waals surface area contributed by atoms with E-state index in [0.717, 1.165) is 11.1 Å². The van der Waals surface area contributed by atoms with Gasteiger partial charge in [-0.3, -0.25) is 14.5 Å². The number of benzene rings is 4. The summed E-state index contributed by atoms with van der Waals surface area (Å²) in [7, 11) is 0. The van der Waals surface area contributed by atoms with Crippen LogP contribution in [0.4, 0.5) is 10.1 Å². The number of nitrogens with one attached hydrogen (secondary N) is 1. The number of amides is 1. The molecule has 246 valence electrons. The van der Waals surface area contributed by atoms with Crippen molar-refractivity contribution >= 4 is 51.6 Å². The summed E-state index contributed by atoms with van der Waals surface area (Å²) in [5, 5.41) is 13.0. The molecular formula is C37H33Cl2FN4O4. The average Bonchev–Trinajstić information content (AvgIpc) is 3.75. The fourth-order valence-electron chi connectivity index (χ4n) is 8.10. The van der Waals surface area contributed by atoms with Gasteiger partial charge < -0.3 is 19.7 Å². The molecule has 4 heterocycles. The van der Waals surface area contributed by atoms with Gasteiger partial charge in [0.05, 0.1) is 22.7 Å². The number of halogens is 3. The molecular weight excluding hydrogens is 654 g/mol. The van der Waals surface area contributed by atoms with Gasteiger partial charge in [-0.2, -0.15) is 0 Å². The van der Waals surface area contributed by atoms with Gasteiger partial charge in [-0.15, -0.1) is 0 Å². The number of anilines is 1. The van der Waals surface area contributed by atoms with E-state index in [0.29, 0.717) is 64.2 Å². The van der Waals surface area contributed by atoms with E-state index >= 15 is 4.39 Å². The third-order valence-corrected chi connectivity index (χ3v) is 10.4. The number of aromatic nitrogens is 2. The second kappa shape index (κ2) is 12.0. The minimum atomic E-state index is -1.36. The number of imidazole rings is 1. The van der Waals surface area contributed by atoms with E-state index in [1.807, 2.05) is 43.3 Å². The third kappa shape index (κ3) is 4.59. The molecule has 1 fully saturated rings. The van der Waals surface area contributed by atoms with Crippen molar-refractivity contribution < 1.29 is 23.8 Å². The van der Waals surface area contributed by atoms with E-state index in [4.69, 9.17) is 32.9 Å². The lowest BCUT2D eigenvalue weighted by Crippen LogP contribution is -2.52. The van der Waals surface area contributed by atoms with Crippen molar-refractivity contribution in [1.82, 2.24) is 14.5 Å². The molecule has 2 N–H and O–H groups in total. The summed E-state index contributed by atoms with van der Waals surface area (Å²) in [6, 6.07) is 22.9. The first-order chi connectivity index (χ1) is 22.8. The Morgan fingerprint density at radius 3 is 2.71 bits per heavy atom. The number of ketones is 1. The molecule has 0 saturated carbocycles. The van der Waals surface area contributed by atoms with Crippen LogP contribution in [0.1, 0.15) is 59.1 Å². The van der Waals surface area contributed by atoms with E-state index in [1.54, 1.807) is 36.4 Å². The molecule has 1 saturated heterocycles. The van der Waals surface area contributed by atoms with Gasteiger partial charge in [-0.1, -0.05) is 61.0 Å². The standard InChI is InChI=1S/C36H29Cl2FN4O4.CH4/c1-2-47-22-6-3-5-19(13-22)16-43-29-17-42-28-12-9-20(30(45)18-44)14-27(28)40-34(42)31(29)32(23-7-4-8-25(38)33(23)39)36(43)24-11-10-21(37)15-26(24)41-35(36)46;/h3-15,29,31-32,44H,2,16-18H2,1H3,(H,41,46);1H4/t29-,31+,32-,36+;/m0./s1. The Morgan fingerprint density at radius 1 is 1.10 bits per heavy atom. The fourth-order valence-corrected chi connectivity index (χ4v) is 8.45. The van der Waals surface area contributed by atoms with E-state index < -0.39 is 35.6 Å². The van der Waals surface area contributed by atoms with Crippen LogP contribution >= 0.6 is 23.2 Å². The van der Waals surface area contributed by atoms with E-state index in [1.165, 1.54) is 6.07 Å². The van der Waals surface area contributed by atoms with Crippen LogP contribution in [0.25, 0.3) is 11.0 Å². The van der Waals surface area contributed by atoms with Gasteiger partial charge in [-0.25, -0.2) is 9.37 Å². The number of hydrogen-bond acceptors (Lipinski definition) is 6. The lowest BCUT2D eigenvalue weighted by atomic mass is 9.71. The summed E-state index contributed by atoms with van der Waals surface area (Å²) < 4.78 is 24.3. The lowest BCUT2D eigenvalue weighted by Gasteiger charge is -2.40. The number of aliphatic hydroxyl groups is 1. The first-order valence-corrected chi connectivity index (χ1v) is 16.2. The summed E-state index contributed by atoms with van der Waals surface area (Å²) in [6.45, 7) is 2.64. The molecule has 4 aromatic carbocycles. The summed E-state index contributed by atoms with van der Waals surface area (Å²) >= 11 is 12.9. The highest BCUT2D eigenvalue weighted by atomic mass is 35.5. The van der Waals surface area contributed by atoms with Crippen LogP contribution in [0.5, 0.6) is 5.75 Å². The van der Waals surface area contributed by atoms with Gasteiger partial charge >= 0.3 is 0 Å². The third-order valence-electron chi connectivity index (χ3n) is 9.85. The van der Waals surface area contributed by atoms with Crippen LogP contribution in [0.3, 0.4) is 0 Å². The molecule has 3 aliphatic rings. The maximum Gasteiger partial charge on any atom is 0.250 e. The Labute approximate surface area is 287 Å². The maximum atomic E-state index is 16.4. The van der Waals surface area contributed by atoms with Crippen molar-refractivity contribution in [2.45, 2.75) is 50.9 Å². The van der Waals surface area contributed by atoms with Crippen LogP contribution in [0, 0.1) is 5.82 Å². The lowest BCUT2D eigenvalue weighted by molar-refractivity contribution is -0.128. The molecule has 0 bridgehead atoms. The second-order valence-electron chi connectivity index (χ2n) is 12.2. The van der Waals surface area contributed by atoms with Crippen molar-refractivity contribution in [3.8, 4) is 5.75 Å². The van der Waals surface area contributed by atoms with Gasteiger partial charge in [0, 0.05) is 52.8 Å². The van der Waals surface area contributed by atoms with E-state index in [9.17, 15) is 14.7 Å². The Balaban J connectivity index is 0.00000364. The Kier molecular flexibility index (Phi) is 8.07. The SMILES string of the molecule is C.CCOc1cccc(CN2[C@H]3Cn4c(nc5cc(C(=O)CO)ccc54)[C@H]3[C@H](c3cccc(Cl)c3F)[C@]23C(=O)Nc2cc(Cl)ccc23)c1. The molecule has 8 nitrogen and oxygen atoms in total. The summed E-state index contributed by atoms with van der Waals surface area (Å²) in [6.07, 6.45) is 0. The quantitative estimate of drug-likeness (QED) is 0.174. The smallest absolute Gasteiger partial charge is 0.250 e. The number of carbonyl (C=O) groups excluding carboxylic acids is 2. The Hall–Kier alpha value is -4.28. The van der Waals surface area contributed by atoms with Crippen molar-refractivity contribution in [3.05, 3.63) is 123 Å². The summed E-state index contributed by atoms with van der Waals surface area (Å²) in [5.74, 6) is -1.08. The minimum absolute atomic E-state index is 0. The summed E-state index contributed by atoms with van der Waals surface area (Å²) in [4.78, 5) is 34.3. The number of ether oxygens (including phenoxy) is 1. The number of fused-ring (bicyclic) bond motifs is 7. The highest BCUT2D eigenvalue weighted by Gasteiger charge is 2.69. The van der Waals surface area contributed by atoms with Gasteiger partial charge in [-0.05, 0) is 66.6 Å². The molecule has 8 rings (SSSR count). The number of Topliss-reactive ketones (excluding diaryl/α,β-unsaturated/α-hetero) is 1. The molecule has 3 aliphatic heterocycles. The topological polar surface area (TPSA) is 96.7 Å². The Bertz CT molecular complexity index is 2120. The van der Waals surface area contributed by atoms with Gasteiger partial charge in [0.2, 0.25) is 5.91 Å². The predicted molar refractivity (Wildman–Crippen MR) is 183 cm³/mol. The van der Waals surface area contributed by atoms with Crippen LogP contribution < -0.4 is 10.1 Å². The zero-order valence-electron chi connectivity index (χ0n) is 25.2. The van der Waals surface area contributed by atoms with Crippen molar-refractivity contribution in [2.24, 2.45) is 0 Å². The predicted octanol–water partition coefficient (Wildman–Crippen LogP) is 7.31. The number of nitrogens with zero attached hydrogens (tertiary/aromatic N) is 3. The van der Waals surface area contributed by atoms with Crippen molar-refractivity contribution in [3.63, 3.8) is 0 Å². The van der Waals surface area contributed by atoms with Gasteiger partial charge in [0.15, 0.2) is 5.78 Å².